The molecule has 0 aliphatic carbocycles. The Morgan fingerprint density at radius 2 is 1.60 bits per heavy atom. The zero-order valence-electron chi connectivity index (χ0n) is 7.81. The standard InChI is InChI=1S/C6H10O4.CCl4/c1-2-10-6(9)4-3-5(7)8;2-1(3,4)5/h2-4H2,1H3,(H,7,8);. The minimum absolute atomic E-state index is 0.0385. The maximum atomic E-state index is 10.5. The number of rotatable bonds is 4. The van der Waals surface area contributed by atoms with Crippen LogP contribution in [0, 0.1) is 0 Å². The Balaban J connectivity index is 0. The van der Waals surface area contributed by atoms with Crippen molar-refractivity contribution >= 4 is 58.3 Å². The van der Waals surface area contributed by atoms with Gasteiger partial charge in [0.1, 0.15) is 0 Å². The van der Waals surface area contributed by atoms with Crippen LogP contribution in [-0.2, 0) is 14.3 Å². The maximum Gasteiger partial charge on any atom is 0.306 e. The SMILES string of the molecule is CCOC(=O)CCC(=O)O.ClC(Cl)(Cl)Cl. The van der Waals surface area contributed by atoms with Crippen LogP contribution in [0.1, 0.15) is 19.8 Å². The summed E-state index contributed by atoms with van der Waals surface area (Å²) < 4.78 is 2.88. The van der Waals surface area contributed by atoms with E-state index in [2.05, 4.69) is 4.74 Å². The molecule has 0 bridgehead atoms. The monoisotopic (exact) mass is 298 g/mol. The highest BCUT2D eigenvalue weighted by Crippen LogP contribution is 2.29. The number of carboxylic acids is 1. The first kappa shape index (κ1) is 17.5. The lowest BCUT2D eigenvalue weighted by molar-refractivity contribution is -0.147. The lowest BCUT2D eigenvalue weighted by Crippen LogP contribution is -2.06. The van der Waals surface area contributed by atoms with Crippen LogP contribution in [0.3, 0.4) is 0 Å². The average Bonchev–Trinajstić information content (AvgIpc) is 1.98. The highest BCUT2D eigenvalue weighted by atomic mass is 35.6. The quantitative estimate of drug-likeness (QED) is 0.640. The molecule has 8 heteroatoms. The van der Waals surface area contributed by atoms with Gasteiger partial charge < -0.3 is 9.84 Å². The first-order valence-corrected chi connectivity index (χ1v) is 5.31. The molecule has 0 heterocycles. The summed E-state index contributed by atoms with van der Waals surface area (Å²) in [5.41, 5.74) is 0. The van der Waals surface area contributed by atoms with Gasteiger partial charge in [-0.15, -0.1) is 0 Å². The molecule has 0 radical (unpaired) electrons. The van der Waals surface area contributed by atoms with E-state index in [9.17, 15) is 9.59 Å². The third kappa shape index (κ3) is 31.5. The van der Waals surface area contributed by atoms with Crippen LogP contribution < -0.4 is 0 Å². The van der Waals surface area contributed by atoms with Crippen LogP contribution >= 0.6 is 46.4 Å². The summed E-state index contributed by atoms with van der Waals surface area (Å²) in [4.78, 5) is 20.4. The molecule has 15 heavy (non-hydrogen) atoms. The van der Waals surface area contributed by atoms with Crippen molar-refractivity contribution in [3.8, 4) is 0 Å². The largest absolute Gasteiger partial charge is 0.481 e. The number of hydrogen-bond donors (Lipinski definition) is 1. The molecule has 0 aromatic carbocycles. The molecule has 0 aromatic rings. The van der Waals surface area contributed by atoms with E-state index in [4.69, 9.17) is 51.5 Å². The Bertz CT molecular complexity index is 196. The fourth-order valence-electron chi connectivity index (χ4n) is 0.442. The predicted molar refractivity (Wildman–Crippen MR) is 59.6 cm³/mol. The maximum absolute atomic E-state index is 10.5. The van der Waals surface area contributed by atoms with Gasteiger partial charge in [-0.1, -0.05) is 46.4 Å². The fraction of sp³-hybridized carbons (Fsp3) is 0.714. The Hall–Kier alpha value is 0.1000. The van der Waals surface area contributed by atoms with E-state index >= 15 is 0 Å². The van der Waals surface area contributed by atoms with E-state index in [0.29, 0.717) is 6.61 Å². The zero-order valence-corrected chi connectivity index (χ0v) is 10.8. The average molecular weight is 300 g/mol. The Kier molecular flexibility index (Phi) is 10.9. The third-order valence-electron chi connectivity index (χ3n) is 0.848. The molecular formula is C7H10Cl4O4. The number of halogens is 4. The van der Waals surface area contributed by atoms with Crippen LogP contribution in [0.5, 0.6) is 0 Å². The highest BCUT2D eigenvalue weighted by Gasteiger charge is 2.11. The van der Waals surface area contributed by atoms with Gasteiger partial charge in [-0.25, -0.2) is 0 Å². The van der Waals surface area contributed by atoms with Gasteiger partial charge in [0.2, 0.25) is 0 Å². The van der Waals surface area contributed by atoms with Crippen LogP contribution in [0.4, 0.5) is 0 Å². The fourth-order valence-corrected chi connectivity index (χ4v) is 0.442. The van der Waals surface area contributed by atoms with Crippen molar-refractivity contribution in [3.05, 3.63) is 0 Å². The molecule has 0 amide bonds. The zero-order chi connectivity index (χ0) is 12.5. The van der Waals surface area contributed by atoms with Crippen molar-refractivity contribution in [2.75, 3.05) is 6.61 Å². The van der Waals surface area contributed by atoms with E-state index in [1.807, 2.05) is 0 Å². The molecule has 0 spiro atoms. The Labute approximate surface area is 107 Å². The summed E-state index contributed by atoms with van der Waals surface area (Å²) in [6.07, 6.45) is -0.192. The number of alkyl halides is 4. The number of aliphatic carboxylic acids is 1. The van der Waals surface area contributed by atoms with Gasteiger partial charge in [0.25, 0.3) is 3.25 Å². The second kappa shape index (κ2) is 9.33. The van der Waals surface area contributed by atoms with Crippen LogP contribution in [-0.4, -0.2) is 26.9 Å². The molecule has 0 saturated heterocycles. The molecule has 0 atom stereocenters. The summed E-state index contributed by atoms with van der Waals surface area (Å²) in [6, 6.07) is 0. The number of carboxylic acid groups (broad SMARTS) is 1. The van der Waals surface area contributed by atoms with Crippen molar-refractivity contribution < 1.29 is 19.4 Å². The van der Waals surface area contributed by atoms with E-state index in [1.54, 1.807) is 6.92 Å². The Morgan fingerprint density at radius 3 is 1.87 bits per heavy atom. The summed E-state index contributed by atoms with van der Waals surface area (Å²) >= 11 is 19.3. The van der Waals surface area contributed by atoms with Crippen molar-refractivity contribution in [1.82, 2.24) is 0 Å². The topological polar surface area (TPSA) is 63.6 Å². The van der Waals surface area contributed by atoms with Crippen LogP contribution in [0.2, 0.25) is 0 Å². The van der Waals surface area contributed by atoms with Gasteiger partial charge in [-0.2, -0.15) is 0 Å². The lowest BCUT2D eigenvalue weighted by Gasteiger charge is -1.97. The molecule has 0 rings (SSSR count). The van der Waals surface area contributed by atoms with E-state index < -0.39 is 15.2 Å². The molecule has 0 aliphatic heterocycles. The van der Waals surface area contributed by atoms with Gasteiger partial charge in [0.15, 0.2) is 0 Å². The van der Waals surface area contributed by atoms with Gasteiger partial charge in [0.05, 0.1) is 19.4 Å². The van der Waals surface area contributed by atoms with Gasteiger partial charge in [-0.3, -0.25) is 9.59 Å². The molecule has 0 fully saturated rings. The lowest BCUT2D eigenvalue weighted by atomic mass is 10.3. The molecule has 0 aromatic heterocycles. The first-order valence-electron chi connectivity index (χ1n) is 3.79. The smallest absolute Gasteiger partial charge is 0.306 e. The van der Waals surface area contributed by atoms with E-state index in [0.717, 1.165) is 0 Å². The van der Waals surface area contributed by atoms with Gasteiger partial charge in [0, 0.05) is 0 Å². The summed E-state index contributed by atoms with van der Waals surface area (Å²) in [5.74, 6) is -1.43. The van der Waals surface area contributed by atoms with E-state index in [1.165, 1.54) is 0 Å². The molecule has 0 unspecified atom stereocenters. The van der Waals surface area contributed by atoms with Crippen molar-refractivity contribution in [2.45, 2.75) is 23.0 Å². The first-order chi connectivity index (χ1) is 6.66. The number of carbonyl (C=O) groups excluding carboxylic acids is 1. The van der Waals surface area contributed by atoms with Crippen molar-refractivity contribution in [3.63, 3.8) is 0 Å². The highest BCUT2D eigenvalue weighted by molar-refractivity contribution is 6.83. The molecule has 90 valence electrons. The number of carbonyl (C=O) groups is 2. The molecule has 0 saturated carbocycles. The van der Waals surface area contributed by atoms with Crippen LogP contribution in [0.25, 0.3) is 0 Å². The molecule has 1 N–H and O–H groups in total. The summed E-state index contributed by atoms with van der Waals surface area (Å²) in [7, 11) is 0. The molecule has 4 nitrogen and oxygen atoms in total. The predicted octanol–water partition coefficient (Wildman–Crippen LogP) is 2.97. The van der Waals surface area contributed by atoms with Gasteiger partial charge >= 0.3 is 11.9 Å². The van der Waals surface area contributed by atoms with Crippen molar-refractivity contribution in [1.29, 1.82) is 0 Å². The van der Waals surface area contributed by atoms with Crippen molar-refractivity contribution in [2.24, 2.45) is 0 Å². The normalized spacial score (nSPS) is 9.93. The summed E-state index contributed by atoms with van der Waals surface area (Å²) in [5, 5.41) is 8.12. The second-order valence-electron chi connectivity index (χ2n) is 2.13. The van der Waals surface area contributed by atoms with Crippen LogP contribution in [0.15, 0.2) is 0 Å². The molecular weight excluding hydrogens is 290 g/mol. The third-order valence-corrected chi connectivity index (χ3v) is 0.848. The second-order valence-corrected chi connectivity index (χ2v) is 5.56. The van der Waals surface area contributed by atoms with Gasteiger partial charge in [-0.05, 0) is 6.92 Å². The number of ether oxygens (including phenoxy) is 1. The minimum Gasteiger partial charge on any atom is -0.481 e. The van der Waals surface area contributed by atoms with E-state index in [-0.39, 0.29) is 12.8 Å². The summed E-state index contributed by atoms with van der Waals surface area (Å²) in [6.45, 7) is 1.98. The number of hydrogen-bond acceptors (Lipinski definition) is 3. The Morgan fingerprint density at radius 1 is 1.20 bits per heavy atom. The molecule has 0 aliphatic rings. The number of esters is 1. The minimum atomic E-state index is -1.61.